The van der Waals surface area contributed by atoms with E-state index >= 15 is 0 Å². The SMILES string of the molecule is CN1CCc2cnc(Br)n2C1=O. The number of amides is 1. The minimum absolute atomic E-state index is 0.0133. The number of hydrogen-bond donors (Lipinski definition) is 0. The van der Waals surface area contributed by atoms with E-state index < -0.39 is 0 Å². The number of nitrogens with zero attached hydrogens (tertiary/aromatic N) is 3. The number of carbonyl (C=O) groups is 1. The zero-order valence-electron chi connectivity index (χ0n) is 6.62. The predicted octanol–water partition coefficient (Wildman–Crippen LogP) is 1.10. The average Bonchev–Trinajstić information content (AvgIpc) is 2.41. The molecular formula is C7H8BrN3O. The van der Waals surface area contributed by atoms with E-state index in [1.807, 2.05) is 0 Å². The first-order valence-corrected chi connectivity index (χ1v) is 4.47. The molecule has 0 radical (unpaired) electrons. The van der Waals surface area contributed by atoms with E-state index in [0.29, 0.717) is 4.73 Å². The van der Waals surface area contributed by atoms with E-state index in [1.165, 1.54) is 0 Å². The fourth-order valence-corrected chi connectivity index (χ4v) is 1.77. The van der Waals surface area contributed by atoms with Crippen LogP contribution in [0.25, 0.3) is 0 Å². The first kappa shape index (κ1) is 7.79. The van der Waals surface area contributed by atoms with Gasteiger partial charge in [0.25, 0.3) is 0 Å². The maximum Gasteiger partial charge on any atom is 0.330 e. The molecule has 1 aliphatic rings. The second-order valence-electron chi connectivity index (χ2n) is 2.81. The van der Waals surface area contributed by atoms with Crippen molar-refractivity contribution in [3.05, 3.63) is 16.6 Å². The van der Waals surface area contributed by atoms with Crippen LogP contribution in [0.1, 0.15) is 5.69 Å². The molecule has 0 N–H and O–H groups in total. The van der Waals surface area contributed by atoms with Crippen molar-refractivity contribution < 1.29 is 4.79 Å². The molecule has 0 bridgehead atoms. The van der Waals surface area contributed by atoms with Gasteiger partial charge in [-0.05, 0) is 15.9 Å². The van der Waals surface area contributed by atoms with Crippen LogP contribution in [0.5, 0.6) is 0 Å². The Kier molecular flexibility index (Phi) is 1.68. The Morgan fingerprint density at radius 1 is 1.67 bits per heavy atom. The smallest absolute Gasteiger partial charge is 0.327 e. The van der Waals surface area contributed by atoms with Crippen LogP contribution in [0.4, 0.5) is 4.79 Å². The molecular weight excluding hydrogens is 222 g/mol. The lowest BCUT2D eigenvalue weighted by atomic mass is 10.3. The maximum atomic E-state index is 11.5. The molecule has 2 heterocycles. The highest BCUT2D eigenvalue weighted by Gasteiger charge is 2.23. The van der Waals surface area contributed by atoms with Crippen molar-refractivity contribution in [2.75, 3.05) is 13.6 Å². The number of carbonyl (C=O) groups excluding carboxylic acids is 1. The number of rotatable bonds is 0. The number of fused-ring (bicyclic) bond motifs is 1. The third kappa shape index (κ3) is 0.964. The van der Waals surface area contributed by atoms with Gasteiger partial charge in [0.05, 0.1) is 6.20 Å². The summed E-state index contributed by atoms with van der Waals surface area (Å²) in [6, 6.07) is -0.0133. The van der Waals surface area contributed by atoms with E-state index in [2.05, 4.69) is 20.9 Å². The molecule has 12 heavy (non-hydrogen) atoms. The highest BCUT2D eigenvalue weighted by atomic mass is 79.9. The van der Waals surface area contributed by atoms with Gasteiger partial charge in [-0.2, -0.15) is 0 Å². The molecule has 5 heteroatoms. The lowest BCUT2D eigenvalue weighted by molar-refractivity contribution is 0.203. The molecule has 0 atom stereocenters. The molecule has 0 unspecified atom stereocenters. The van der Waals surface area contributed by atoms with Crippen LogP contribution in [-0.2, 0) is 6.42 Å². The highest BCUT2D eigenvalue weighted by Crippen LogP contribution is 2.17. The van der Waals surface area contributed by atoms with E-state index in [1.54, 1.807) is 22.7 Å². The third-order valence-electron chi connectivity index (χ3n) is 2.01. The van der Waals surface area contributed by atoms with Crippen molar-refractivity contribution in [1.82, 2.24) is 14.5 Å². The van der Waals surface area contributed by atoms with Gasteiger partial charge in [-0.3, -0.25) is 0 Å². The van der Waals surface area contributed by atoms with Gasteiger partial charge >= 0.3 is 6.03 Å². The molecule has 0 saturated heterocycles. The summed E-state index contributed by atoms with van der Waals surface area (Å²) in [5.74, 6) is 0. The van der Waals surface area contributed by atoms with Crippen LogP contribution < -0.4 is 0 Å². The van der Waals surface area contributed by atoms with Crippen LogP contribution in [-0.4, -0.2) is 34.1 Å². The van der Waals surface area contributed by atoms with Crippen molar-refractivity contribution in [3.8, 4) is 0 Å². The molecule has 0 aliphatic carbocycles. The van der Waals surface area contributed by atoms with Gasteiger partial charge < -0.3 is 4.90 Å². The maximum absolute atomic E-state index is 11.5. The summed E-state index contributed by atoms with van der Waals surface area (Å²) in [5.41, 5.74) is 0.977. The number of hydrogen-bond acceptors (Lipinski definition) is 2. The topological polar surface area (TPSA) is 38.1 Å². The fourth-order valence-electron chi connectivity index (χ4n) is 1.29. The van der Waals surface area contributed by atoms with Gasteiger partial charge in [0.1, 0.15) is 0 Å². The number of likely N-dealkylation sites (N-methyl/N-ethyl adjacent to an activating group) is 1. The van der Waals surface area contributed by atoms with Crippen molar-refractivity contribution >= 4 is 22.0 Å². The van der Waals surface area contributed by atoms with Crippen LogP contribution in [0.3, 0.4) is 0 Å². The molecule has 1 amide bonds. The van der Waals surface area contributed by atoms with Crippen LogP contribution in [0, 0.1) is 0 Å². The second kappa shape index (κ2) is 2.58. The van der Waals surface area contributed by atoms with Crippen molar-refractivity contribution in [2.24, 2.45) is 0 Å². The Balaban J connectivity index is 2.53. The van der Waals surface area contributed by atoms with E-state index in [4.69, 9.17) is 0 Å². The average molecular weight is 230 g/mol. The zero-order chi connectivity index (χ0) is 8.72. The summed E-state index contributed by atoms with van der Waals surface area (Å²) < 4.78 is 2.18. The molecule has 1 aromatic rings. The Morgan fingerprint density at radius 2 is 2.42 bits per heavy atom. The van der Waals surface area contributed by atoms with Gasteiger partial charge in [-0.15, -0.1) is 0 Å². The van der Waals surface area contributed by atoms with E-state index in [9.17, 15) is 4.79 Å². The predicted molar refractivity (Wildman–Crippen MR) is 47.1 cm³/mol. The summed E-state index contributed by atoms with van der Waals surface area (Å²) in [6.45, 7) is 0.775. The van der Waals surface area contributed by atoms with Crippen molar-refractivity contribution in [3.63, 3.8) is 0 Å². The summed E-state index contributed by atoms with van der Waals surface area (Å²) in [4.78, 5) is 17.2. The molecule has 0 spiro atoms. The summed E-state index contributed by atoms with van der Waals surface area (Å²) in [6.07, 6.45) is 2.61. The van der Waals surface area contributed by atoms with E-state index in [0.717, 1.165) is 18.7 Å². The first-order chi connectivity index (χ1) is 5.70. The lowest BCUT2D eigenvalue weighted by Crippen LogP contribution is -2.38. The first-order valence-electron chi connectivity index (χ1n) is 3.68. The normalized spacial score (nSPS) is 16.5. The van der Waals surface area contributed by atoms with Crippen LogP contribution in [0.15, 0.2) is 10.9 Å². The monoisotopic (exact) mass is 229 g/mol. The zero-order valence-corrected chi connectivity index (χ0v) is 8.21. The molecule has 4 nitrogen and oxygen atoms in total. The molecule has 1 aliphatic heterocycles. The molecule has 0 fully saturated rings. The van der Waals surface area contributed by atoms with Crippen LogP contribution in [0.2, 0.25) is 0 Å². The van der Waals surface area contributed by atoms with Gasteiger partial charge in [0.2, 0.25) is 0 Å². The molecule has 1 aromatic heterocycles. The quantitative estimate of drug-likeness (QED) is 0.669. The molecule has 0 aromatic carbocycles. The number of aromatic nitrogens is 2. The standard InChI is InChI=1S/C7H8BrN3O/c1-10-3-2-5-4-9-6(8)11(5)7(10)12/h4H,2-3H2,1H3. The van der Waals surface area contributed by atoms with Crippen molar-refractivity contribution in [1.29, 1.82) is 0 Å². The second-order valence-corrected chi connectivity index (χ2v) is 3.52. The lowest BCUT2D eigenvalue weighted by Gasteiger charge is -2.23. The summed E-state index contributed by atoms with van der Waals surface area (Å²) in [7, 11) is 1.79. The minimum atomic E-state index is -0.0133. The fraction of sp³-hybridized carbons (Fsp3) is 0.429. The summed E-state index contributed by atoms with van der Waals surface area (Å²) in [5, 5.41) is 0. The van der Waals surface area contributed by atoms with Gasteiger partial charge in [-0.25, -0.2) is 14.3 Å². The minimum Gasteiger partial charge on any atom is -0.327 e. The summed E-state index contributed by atoms with van der Waals surface area (Å²) >= 11 is 3.22. The third-order valence-corrected chi connectivity index (χ3v) is 2.57. The van der Waals surface area contributed by atoms with E-state index in [-0.39, 0.29) is 6.03 Å². The molecule has 64 valence electrons. The Labute approximate surface area is 78.3 Å². The number of imidazole rings is 1. The molecule has 2 rings (SSSR count). The molecule has 0 saturated carbocycles. The van der Waals surface area contributed by atoms with Gasteiger partial charge in [0.15, 0.2) is 4.73 Å². The van der Waals surface area contributed by atoms with Gasteiger partial charge in [-0.1, -0.05) is 0 Å². The highest BCUT2D eigenvalue weighted by molar-refractivity contribution is 9.10. The Hall–Kier alpha value is -0.840. The largest absolute Gasteiger partial charge is 0.330 e. The van der Waals surface area contributed by atoms with Crippen LogP contribution >= 0.6 is 15.9 Å². The Morgan fingerprint density at radius 3 is 3.17 bits per heavy atom. The van der Waals surface area contributed by atoms with Gasteiger partial charge in [0, 0.05) is 25.7 Å². The Bertz CT molecular complexity index is 333. The number of halogens is 1. The van der Waals surface area contributed by atoms with Crippen molar-refractivity contribution in [2.45, 2.75) is 6.42 Å².